The number of nitro benzene ring substituents is 1. The molecule has 9 nitrogen and oxygen atoms in total. The Morgan fingerprint density at radius 2 is 1.90 bits per heavy atom. The summed E-state index contributed by atoms with van der Waals surface area (Å²) in [5.41, 5.74) is 5.82. The molecule has 2 aromatic rings. The molecule has 1 aliphatic rings. The predicted molar refractivity (Wildman–Crippen MR) is 105 cm³/mol. The first-order valence-electron chi connectivity index (χ1n) is 9.05. The molecular weight excluding hydrogens is 398 g/mol. The number of rotatable bonds is 7. The smallest absolute Gasteiger partial charge is 0.269 e. The van der Waals surface area contributed by atoms with Crippen LogP contribution in [0, 0.1) is 10.1 Å². The molecule has 0 saturated carbocycles. The number of nitrogens with two attached hydrogens (primary N) is 1. The second kappa shape index (κ2) is 8.18. The van der Waals surface area contributed by atoms with E-state index in [2.05, 4.69) is 0 Å². The van der Waals surface area contributed by atoms with E-state index in [4.69, 9.17) is 10.5 Å². The number of nitro groups is 1. The molecular formula is C19H21N3O6S. The van der Waals surface area contributed by atoms with Crippen molar-refractivity contribution in [1.82, 2.24) is 4.31 Å². The van der Waals surface area contributed by atoms with Crippen molar-refractivity contribution < 1.29 is 22.9 Å². The number of hydrogen-bond donors (Lipinski definition) is 1. The highest BCUT2D eigenvalue weighted by molar-refractivity contribution is 7.89. The third-order valence-corrected chi connectivity index (χ3v) is 6.67. The highest BCUT2D eigenvalue weighted by atomic mass is 32.2. The van der Waals surface area contributed by atoms with E-state index >= 15 is 0 Å². The SMILES string of the molecule is C[C@H](Oc1ccc(S(=O)(=O)N2CCCC2)cc1C(N)=O)c1cccc([N+](=O)[O-])c1. The monoisotopic (exact) mass is 419 g/mol. The van der Waals surface area contributed by atoms with Gasteiger partial charge in [-0.3, -0.25) is 14.9 Å². The Kier molecular flexibility index (Phi) is 5.85. The minimum atomic E-state index is -3.71. The molecule has 1 aliphatic heterocycles. The van der Waals surface area contributed by atoms with Crippen LogP contribution in [0.25, 0.3) is 0 Å². The van der Waals surface area contributed by atoms with Gasteiger partial charge in [0.2, 0.25) is 10.0 Å². The Balaban J connectivity index is 1.90. The predicted octanol–water partition coefficient (Wildman–Crippen LogP) is 2.62. The lowest BCUT2D eigenvalue weighted by Crippen LogP contribution is -2.28. The van der Waals surface area contributed by atoms with Crippen molar-refractivity contribution in [3.8, 4) is 5.75 Å². The quantitative estimate of drug-likeness (QED) is 0.542. The van der Waals surface area contributed by atoms with Gasteiger partial charge in [-0.1, -0.05) is 12.1 Å². The first kappa shape index (κ1) is 20.7. The van der Waals surface area contributed by atoms with Gasteiger partial charge in [0.05, 0.1) is 15.4 Å². The van der Waals surface area contributed by atoms with Gasteiger partial charge in [-0.2, -0.15) is 4.31 Å². The van der Waals surface area contributed by atoms with Crippen LogP contribution in [0.15, 0.2) is 47.4 Å². The summed E-state index contributed by atoms with van der Waals surface area (Å²) in [5, 5.41) is 11.0. The number of sulfonamides is 1. The molecule has 1 heterocycles. The molecule has 0 aromatic heterocycles. The van der Waals surface area contributed by atoms with Gasteiger partial charge in [0.25, 0.3) is 11.6 Å². The zero-order chi connectivity index (χ0) is 21.2. The molecule has 154 valence electrons. The summed E-state index contributed by atoms with van der Waals surface area (Å²) in [4.78, 5) is 22.4. The Labute approximate surface area is 168 Å². The van der Waals surface area contributed by atoms with E-state index < -0.39 is 27.0 Å². The molecule has 29 heavy (non-hydrogen) atoms. The number of ether oxygens (including phenoxy) is 1. The van der Waals surface area contributed by atoms with Gasteiger partial charge in [0.15, 0.2) is 0 Å². The average Bonchev–Trinajstić information content (AvgIpc) is 3.23. The number of nitrogens with zero attached hydrogens (tertiary/aromatic N) is 2. The van der Waals surface area contributed by atoms with Gasteiger partial charge in [-0.05, 0) is 43.5 Å². The van der Waals surface area contributed by atoms with E-state index in [-0.39, 0.29) is 21.9 Å². The second-order valence-electron chi connectivity index (χ2n) is 6.75. The number of carbonyl (C=O) groups is 1. The molecule has 0 radical (unpaired) electrons. The number of non-ortho nitro benzene ring substituents is 1. The summed E-state index contributed by atoms with van der Waals surface area (Å²) >= 11 is 0. The summed E-state index contributed by atoms with van der Waals surface area (Å²) in [6.45, 7) is 2.55. The lowest BCUT2D eigenvalue weighted by atomic mass is 10.1. The zero-order valence-electron chi connectivity index (χ0n) is 15.8. The second-order valence-corrected chi connectivity index (χ2v) is 8.68. The molecule has 0 bridgehead atoms. The van der Waals surface area contributed by atoms with E-state index in [1.165, 1.54) is 40.7 Å². The van der Waals surface area contributed by atoms with Crippen molar-refractivity contribution in [3.05, 3.63) is 63.7 Å². The number of carbonyl (C=O) groups excluding carboxylic acids is 1. The molecule has 0 unspecified atom stereocenters. The summed E-state index contributed by atoms with van der Waals surface area (Å²) in [6, 6.07) is 9.91. The van der Waals surface area contributed by atoms with E-state index in [9.17, 15) is 23.3 Å². The maximum absolute atomic E-state index is 12.7. The molecule has 1 atom stereocenters. The molecule has 0 aliphatic carbocycles. The molecule has 3 rings (SSSR count). The van der Waals surface area contributed by atoms with Gasteiger partial charge in [-0.25, -0.2) is 8.42 Å². The van der Waals surface area contributed by atoms with Crippen LogP contribution in [0.1, 0.15) is 41.8 Å². The van der Waals surface area contributed by atoms with Crippen molar-refractivity contribution in [3.63, 3.8) is 0 Å². The molecule has 1 amide bonds. The molecule has 1 fully saturated rings. The Morgan fingerprint density at radius 3 is 2.52 bits per heavy atom. The summed E-state index contributed by atoms with van der Waals surface area (Å²) in [6.07, 6.45) is 0.960. The Bertz CT molecular complexity index is 1050. The average molecular weight is 419 g/mol. The maximum Gasteiger partial charge on any atom is 0.269 e. The number of hydrogen-bond acceptors (Lipinski definition) is 6. The van der Waals surface area contributed by atoms with Crippen LogP contribution in [0.4, 0.5) is 5.69 Å². The van der Waals surface area contributed by atoms with Crippen molar-refractivity contribution in [2.75, 3.05) is 13.1 Å². The summed E-state index contributed by atoms with van der Waals surface area (Å²) in [7, 11) is -3.71. The third-order valence-electron chi connectivity index (χ3n) is 4.77. The standard InChI is InChI=1S/C19H21N3O6S/c1-13(14-5-4-6-15(11-14)22(24)25)28-18-8-7-16(12-17(18)19(20)23)29(26,27)21-9-2-3-10-21/h4-8,11-13H,2-3,9-10H2,1H3,(H2,20,23)/t13-/m0/s1. The van der Waals surface area contributed by atoms with Crippen molar-refractivity contribution in [1.29, 1.82) is 0 Å². The number of primary amides is 1. The minimum Gasteiger partial charge on any atom is -0.485 e. The van der Waals surface area contributed by atoms with Crippen molar-refractivity contribution in [2.24, 2.45) is 5.73 Å². The molecule has 10 heteroatoms. The van der Waals surface area contributed by atoms with Gasteiger partial charge < -0.3 is 10.5 Å². The lowest BCUT2D eigenvalue weighted by Gasteiger charge is -2.19. The third kappa shape index (κ3) is 4.38. The fraction of sp³-hybridized carbons (Fsp3) is 0.316. The largest absolute Gasteiger partial charge is 0.485 e. The van der Waals surface area contributed by atoms with Crippen LogP contribution >= 0.6 is 0 Å². The number of amides is 1. The van der Waals surface area contributed by atoms with Crippen molar-refractivity contribution in [2.45, 2.75) is 30.8 Å². The van der Waals surface area contributed by atoms with Gasteiger partial charge in [0, 0.05) is 25.2 Å². The number of benzene rings is 2. The first-order valence-corrected chi connectivity index (χ1v) is 10.5. The lowest BCUT2D eigenvalue weighted by molar-refractivity contribution is -0.385. The first-order chi connectivity index (χ1) is 13.7. The van der Waals surface area contributed by atoms with Gasteiger partial charge in [-0.15, -0.1) is 0 Å². The zero-order valence-corrected chi connectivity index (χ0v) is 16.6. The van der Waals surface area contributed by atoms with E-state index in [0.29, 0.717) is 18.7 Å². The summed E-state index contributed by atoms with van der Waals surface area (Å²) in [5.74, 6) is -0.721. The summed E-state index contributed by atoms with van der Waals surface area (Å²) < 4.78 is 32.6. The molecule has 0 spiro atoms. The van der Waals surface area contributed by atoms with Gasteiger partial charge in [0.1, 0.15) is 11.9 Å². The van der Waals surface area contributed by atoms with Crippen LogP contribution in [-0.2, 0) is 10.0 Å². The van der Waals surface area contributed by atoms with Crippen LogP contribution in [0.3, 0.4) is 0 Å². The fourth-order valence-corrected chi connectivity index (χ4v) is 4.74. The van der Waals surface area contributed by atoms with Crippen LogP contribution < -0.4 is 10.5 Å². The van der Waals surface area contributed by atoms with Crippen molar-refractivity contribution >= 4 is 21.6 Å². The van der Waals surface area contributed by atoms with Crippen LogP contribution in [0.2, 0.25) is 0 Å². The molecule has 2 aromatic carbocycles. The topological polar surface area (TPSA) is 133 Å². The molecule has 2 N–H and O–H groups in total. The van der Waals surface area contributed by atoms with Gasteiger partial charge >= 0.3 is 0 Å². The van der Waals surface area contributed by atoms with E-state index in [1.807, 2.05) is 0 Å². The Hall–Kier alpha value is -2.98. The van der Waals surface area contributed by atoms with Crippen LogP contribution in [-0.4, -0.2) is 36.6 Å². The Morgan fingerprint density at radius 1 is 1.21 bits per heavy atom. The van der Waals surface area contributed by atoms with E-state index in [1.54, 1.807) is 13.0 Å². The highest BCUT2D eigenvalue weighted by Gasteiger charge is 2.28. The maximum atomic E-state index is 12.7. The van der Waals surface area contributed by atoms with Crippen LogP contribution in [0.5, 0.6) is 5.75 Å². The normalized spacial score (nSPS) is 15.8. The molecule has 1 saturated heterocycles. The minimum absolute atomic E-state index is 0.0245. The van der Waals surface area contributed by atoms with E-state index in [0.717, 1.165) is 12.8 Å². The highest BCUT2D eigenvalue weighted by Crippen LogP contribution is 2.30. The fourth-order valence-electron chi connectivity index (χ4n) is 3.19.